The van der Waals surface area contributed by atoms with Gasteiger partial charge in [0.2, 0.25) is 0 Å². The van der Waals surface area contributed by atoms with Crippen LogP contribution in [0.15, 0.2) is 11.3 Å². The van der Waals surface area contributed by atoms with Crippen LogP contribution >= 0.6 is 0 Å². The fourth-order valence-electron chi connectivity index (χ4n) is 7.10. The fraction of sp³-hybridized carbons (Fsp3) is 0.773. The topological polar surface area (TPSA) is 69.7 Å². The van der Waals surface area contributed by atoms with E-state index in [9.17, 15) is 14.4 Å². The minimum absolute atomic E-state index is 0.0131. The van der Waals surface area contributed by atoms with Crippen LogP contribution in [0, 0.1) is 28.6 Å². The maximum atomic E-state index is 12.6. The second-order valence-electron chi connectivity index (χ2n) is 9.55. The van der Waals surface area contributed by atoms with Gasteiger partial charge in [0.1, 0.15) is 6.10 Å². The lowest BCUT2D eigenvalue weighted by atomic mass is 9.49. The van der Waals surface area contributed by atoms with Crippen molar-refractivity contribution >= 4 is 17.7 Å². The first kappa shape index (κ1) is 18.7. The van der Waals surface area contributed by atoms with Gasteiger partial charge >= 0.3 is 11.9 Å². The van der Waals surface area contributed by atoms with Gasteiger partial charge in [-0.2, -0.15) is 0 Å². The molecule has 148 valence electrons. The van der Waals surface area contributed by atoms with Crippen LogP contribution in [0.2, 0.25) is 0 Å². The average Bonchev–Trinajstić information content (AvgIpc) is 3.01. The predicted molar refractivity (Wildman–Crippen MR) is 98.4 cm³/mol. The summed E-state index contributed by atoms with van der Waals surface area (Å²) in [7, 11) is 0. The second-order valence-corrected chi connectivity index (χ2v) is 9.55. The smallest absolute Gasteiger partial charge is 0.308 e. The summed E-state index contributed by atoms with van der Waals surface area (Å²) in [6, 6.07) is 0. The molecule has 4 aliphatic carbocycles. The van der Waals surface area contributed by atoms with Gasteiger partial charge in [-0.3, -0.25) is 14.4 Å². The summed E-state index contributed by atoms with van der Waals surface area (Å²) in [4.78, 5) is 35.7. The Labute approximate surface area is 160 Å². The summed E-state index contributed by atoms with van der Waals surface area (Å²) in [5.41, 5.74) is 0.930. The molecule has 0 saturated heterocycles. The minimum atomic E-state index is -0.409. The van der Waals surface area contributed by atoms with E-state index < -0.39 is 5.97 Å². The summed E-state index contributed by atoms with van der Waals surface area (Å²) < 4.78 is 11.0. The van der Waals surface area contributed by atoms with E-state index in [0.717, 1.165) is 44.1 Å². The van der Waals surface area contributed by atoms with Gasteiger partial charge in [-0.05, 0) is 61.9 Å². The molecule has 6 unspecified atom stereocenters. The van der Waals surface area contributed by atoms with Gasteiger partial charge in [0.25, 0.3) is 0 Å². The molecule has 0 aromatic carbocycles. The molecule has 4 aliphatic rings. The van der Waals surface area contributed by atoms with E-state index >= 15 is 0 Å². The summed E-state index contributed by atoms with van der Waals surface area (Å²) in [5.74, 6) is 1.24. The number of allylic oxidation sites excluding steroid dienone is 2. The zero-order valence-corrected chi connectivity index (χ0v) is 16.8. The maximum Gasteiger partial charge on any atom is 0.308 e. The number of fused-ring (bicyclic) bond motifs is 5. The van der Waals surface area contributed by atoms with E-state index in [1.54, 1.807) is 0 Å². The van der Waals surface area contributed by atoms with Gasteiger partial charge in [0, 0.05) is 31.1 Å². The van der Waals surface area contributed by atoms with E-state index in [-0.39, 0.29) is 28.7 Å². The van der Waals surface area contributed by atoms with Crippen LogP contribution in [0.25, 0.3) is 0 Å². The Bertz CT molecular complexity index is 737. The fourth-order valence-corrected chi connectivity index (χ4v) is 7.10. The molecule has 27 heavy (non-hydrogen) atoms. The van der Waals surface area contributed by atoms with Crippen LogP contribution < -0.4 is 0 Å². The average molecular weight is 374 g/mol. The number of Topliss-reactive ketones (excluding diaryl/α,β-unsaturated/α-hetero) is 1. The lowest BCUT2D eigenvalue weighted by Gasteiger charge is -2.55. The number of carbonyl (C=O) groups is 3. The van der Waals surface area contributed by atoms with E-state index in [2.05, 4.69) is 13.8 Å². The molecule has 0 aromatic heterocycles. The third kappa shape index (κ3) is 2.68. The Balaban J connectivity index is 1.63. The largest absolute Gasteiger partial charge is 0.462 e. The van der Waals surface area contributed by atoms with Crippen LogP contribution in [-0.4, -0.2) is 23.8 Å². The predicted octanol–water partition coefficient (Wildman–Crippen LogP) is 3.95. The third-order valence-corrected chi connectivity index (χ3v) is 8.19. The van der Waals surface area contributed by atoms with Gasteiger partial charge in [-0.25, -0.2) is 0 Å². The van der Waals surface area contributed by atoms with Crippen molar-refractivity contribution in [3.63, 3.8) is 0 Å². The van der Waals surface area contributed by atoms with Gasteiger partial charge in [-0.1, -0.05) is 13.8 Å². The van der Waals surface area contributed by atoms with Crippen molar-refractivity contribution in [2.45, 2.75) is 78.7 Å². The maximum absolute atomic E-state index is 12.6. The number of carbonyl (C=O) groups excluding carboxylic acids is 3. The van der Waals surface area contributed by atoms with Crippen LogP contribution in [0.3, 0.4) is 0 Å². The molecule has 0 N–H and O–H groups in total. The van der Waals surface area contributed by atoms with Crippen LogP contribution in [0.5, 0.6) is 0 Å². The van der Waals surface area contributed by atoms with Gasteiger partial charge in [0.05, 0.1) is 0 Å². The standard InChI is InChI=1S/C22H30O5/c1-12(23)26-19-8-7-15-14-5-6-17-20(27-13(2)24)18(25)11-22(17,4)16(14)9-10-21(15,19)3/h14-16,19H,5-11H2,1-4H3. The van der Waals surface area contributed by atoms with E-state index in [1.165, 1.54) is 13.8 Å². The van der Waals surface area contributed by atoms with Gasteiger partial charge < -0.3 is 9.47 Å². The lowest BCUT2D eigenvalue weighted by molar-refractivity contribution is -0.157. The molecular weight excluding hydrogens is 344 g/mol. The molecule has 4 rings (SSSR count). The summed E-state index contributed by atoms with van der Waals surface area (Å²) in [6.45, 7) is 7.37. The summed E-state index contributed by atoms with van der Waals surface area (Å²) >= 11 is 0. The molecule has 3 saturated carbocycles. The Kier molecular flexibility index (Phi) is 4.28. The summed E-state index contributed by atoms with van der Waals surface area (Å²) in [6.07, 6.45) is 6.44. The summed E-state index contributed by atoms with van der Waals surface area (Å²) in [5, 5.41) is 0. The molecule has 6 atom stereocenters. The molecule has 5 nitrogen and oxygen atoms in total. The third-order valence-electron chi connectivity index (χ3n) is 8.19. The highest BCUT2D eigenvalue weighted by molar-refractivity contribution is 6.00. The van der Waals surface area contributed by atoms with E-state index in [1.807, 2.05) is 0 Å². The molecule has 5 heteroatoms. The van der Waals surface area contributed by atoms with Crippen molar-refractivity contribution in [1.82, 2.24) is 0 Å². The Morgan fingerprint density at radius 3 is 2.41 bits per heavy atom. The highest BCUT2D eigenvalue weighted by Gasteiger charge is 2.61. The quantitative estimate of drug-likeness (QED) is 0.685. The first-order valence-electron chi connectivity index (χ1n) is 10.3. The molecule has 0 aromatic rings. The molecule has 0 heterocycles. The molecular formula is C22H30O5. The van der Waals surface area contributed by atoms with Gasteiger partial charge in [-0.15, -0.1) is 0 Å². The van der Waals surface area contributed by atoms with Crippen molar-refractivity contribution in [3.8, 4) is 0 Å². The second kappa shape index (κ2) is 6.18. The monoisotopic (exact) mass is 374 g/mol. The highest BCUT2D eigenvalue weighted by Crippen LogP contribution is 2.66. The van der Waals surface area contributed by atoms with Crippen molar-refractivity contribution in [2.24, 2.45) is 28.6 Å². The molecule has 0 spiro atoms. The molecule has 0 bridgehead atoms. The minimum Gasteiger partial charge on any atom is -0.462 e. The highest BCUT2D eigenvalue weighted by atomic mass is 16.5. The van der Waals surface area contributed by atoms with Crippen molar-refractivity contribution < 1.29 is 23.9 Å². The number of hydrogen-bond donors (Lipinski definition) is 0. The van der Waals surface area contributed by atoms with Crippen molar-refractivity contribution in [2.75, 3.05) is 0 Å². The van der Waals surface area contributed by atoms with Crippen molar-refractivity contribution in [1.29, 1.82) is 0 Å². The molecule has 3 fully saturated rings. The zero-order valence-electron chi connectivity index (χ0n) is 16.8. The Morgan fingerprint density at radius 2 is 1.74 bits per heavy atom. The zero-order chi connectivity index (χ0) is 19.6. The number of rotatable bonds is 2. The lowest BCUT2D eigenvalue weighted by Crippen LogP contribution is -2.50. The Morgan fingerprint density at radius 1 is 1.00 bits per heavy atom. The first-order chi connectivity index (χ1) is 12.7. The normalized spacial score (nSPS) is 43.0. The molecule has 0 aliphatic heterocycles. The van der Waals surface area contributed by atoms with E-state index in [0.29, 0.717) is 29.9 Å². The molecule has 0 amide bonds. The van der Waals surface area contributed by atoms with Gasteiger partial charge in [0.15, 0.2) is 11.5 Å². The molecule has 0 radical (unpaired) electrons. The Hall–Kier alpha value is -1.65. The van der Waals surface area contributed by atoms with Crippen LogP contribution in [-0.2, 0) is 23.9 Å². The van der Waals surface area contributed by atoms with Crippen LogP contribution in [0.1, 0.15) is 72.6 Å². The number of hydrogen-bond acceptors (Lipinski definition) is 5. The SMILES string of the molecule is CC(=O)OC1=C2CCC3C(CCC4(C)C(OC(C)=O)CCC34)C2(C)CC1=O. The van der Waals surface area contributed by atoms with Crippen LogP contribution in [0.4, 0.5) is 0 Å². The number of ketones is 1. The number of esters is 2. The first-order valence-corrected chi connectivity index (χ1v) is 10.3. The van der Waals surface area contributed by atoms with E-state index in [4.69, 9.17) is 9.47 Å². The van der Waals surface area contributed by atoms with Crippen molar-refractivity contribution in [3.05, 3.63) is 11.3 Å². The number of ether oxygens (including phenoxy) is 2.